The molecule has 17 heavy (non-hydrogen) atoms. The van der Waals surface area contributed by atoms with Crippen molar-refractivity contribution in [2.75, 3.05) is 18.1 Å². The van der Waals surface area contributed by atoms with E-state index in [9.17, 15) is 10.2 Å². The Morgan fingerprint density at radius 2 is 2.12 bits per heavy atom. The van der Waals surface area contributed by atoms with Crippen molar-refractivity contribution in [2.24, 2.45) is 0 Å². The van der Waals surface area contributed by atoms with Crippen LogP contribution in [0, 0.1) is 0 Å². The summed E-state index contributed by atoms with van der Waals surface area (Å²) >= 11 is 3.46. The first-order valence-corrected chi connectivity index (χ1v) is 6.82. The summed E-state index contributed by atoms with van der Waals surface area (Å²) in [5.41, 5.74) is 1.97. The molecule has 1 atom stereocenters. The van der Waals surface area contributed by atoms with Crippen LogP contribution >= 0.6 is 15.9 Å². The highest BCUT2D eigenvalue weighted by atomic mass is 79.9. The van der Waals surface area contributed by atoms with Gasteiger partial charge in [-0.2, -0.15) is 0 Å². The van der Waals surface area contributed by atoms with E-state index in [0.29, 0.717) is 0 Å². The number of piperidine rings is 1. The molecule has 0 radical (unpaired) electrons. The smallest absolute Gasteiger partial charge is 0.0702 e. The van der Waals surface area contributed by atoms with E-state index in [1.807, 2.05) is 18.2 Å². The van der Waals surface area contributed by atoms with E-state index in [-0.39, 0.29) is 19.3 Å². The van der Waals surface area contributed by atoms with Crippen LogP contribution in [0.1, 0.15) is 24.8 Å². The lowest BCUT2D eigenvalue weighted by Gasteiger charge is -2.37. The number of hydrogen-bond acceptors (Lipinski definition) is 3. The van der Waals surface area contributed by atoms with Gasteiger partial charge in [-0.05, 0) is 31.4 Å². The third-order valence-corrected chi connectivity index (χ3v) is 3.86. The molecule has 0 saturated carbocycles. The quantitative estimate of drug-likeness (QED) is 0.900. The first-order valence-electron chi connectivity index (χ1n) is 6.03. The summed E-state index contributed by atoms with van der Waals surface area (Å²) in [6.45, 7) is 1.17. The summed E-state index contributed by atoms with van der Waals surface area (Å²) in [6.07, 6.45) is 3.34. The number of anilines is 1. The molecular weight excluding hydrogens is 282 g/mol. The van der Waals surface area contributed by atoms with Crippen LogP contribution < -0.4 is 4.90 Å². The molecule has 1 heterocycles. The van der Waals surface area contributed by atoms with Crippen LogP contribution in [0.25, 0.3) is 0 Å². The minimum atomic E-state index is 0.0390. The van der Waals surface area contributed by atoms with E-state index in [1.54, 1.807) is 0 Å². The molecule has 1 saturated heterocycles. The number of benzene rings is 1. The summed E-state index contributed by atoms with van der Waals surface area (Å²) in [5, 5.41) is 18.8. The van der Waals surface area contributed by atoms with E-state index < -0.39 is 0 Å². The van der Waals surface area contributed by atoms with Crippen LogP contribution in [-0.4, -0.2) is 29.4 Å². The third kappa shape index (κ3) is 2.81. The molecule has 1 fully saturated rings. The van der Waals surface area contributed by atoms with Crippen LogP contribution in [0.3, 0.4) is 0 Å². The van der Waals surface area contributed by atoms with Crippen LogP contribution in [0.2, 0.25) is 0 Å². The summed E-state index contributed by atoms with van der Waals surface area (Å²) in [6, 6.07) is 6.08. The monoisotopic (exact) mass is 299 g/mol. The molecule has 0 amide bonds. The Labute approximate surface area is 110 Å². The predicted molar refractivity (Wildman–Crippen MR) is 72.1 cm³/mol. The molecule has 0 spiro atoms. The second-order valence-corrected chi connectivity index (χ2v) is 5.37. The Hall–Kier alpha value is -0.580. The predicted octanol–water partition coefficient (Wildman–Crippen LogP) is 2.29. The molecule has 1 aromatic rings. The van der Waals surface area contributed by atoms with Gasteiger partial charge in [0.2, 0.25) is 0 Å². The number of aliphatic hydroxyl groups is 2. The van der Waals surface area contributed by atoms with Crippen molar-refractivity contribution >= 4 is 21.6 Å². The highest BCUT2D eigenvalue weighted by Crippen LogP contribution is 2.30. The molecule has 0 bridgehead atoms. The molecule has 2 N–H and O–H groups in total. The van der Waals surface area contributed by atoms with Gasteiger partial charge in [0.25, 0.3) is 0 Å². The summed E-state index contributed by atoms with van der Waals surface area (Å²) in [4.78, 5) is 2.22. The SMILES string of the molecule is OCc1ccc(Br)cc1N1CCCCC1CO. The van der Waals surface area contributed by atoms with Crippen molar-refractivity contribution < 1.29 is 10.2 Å². The average molecular weight is 300 g/mol. The van der Waals surface area contributed by atoms with Crippen LogP contribution in [0.15, 0.2) is 22.7 Å². The van der Waals surface area contributed by atoms with Gasteiger partial charge in [0.05, 0.1) is 19.3 Å². The molecule has 0 aliphatic carbocycles. The number of hydrogen-bond donors (Lipinski definition) is 2. The highest BCUT2D eigenvalue weighted by Gasteiger charge is 2.23. The van der Waals surface area contributed by atoms with Gasteiger partial charge in [0, 0.05) is 22.3 Å². The van der Waals surface area contributed by atoms with Gasteiger partial charge in [-0.25, -0.2) is 0 Å². The zero-order chi connectivity index (χ0) is 12.3. The van der Waals surface area contributed by atoms with E-state index in [0.717, 1.165) is 35.1 Å². The maximum absolute atomic E-state index is 9.44. The van der Waals surface area contributed by atoms with Gasteiger partial charge in [-0.3, -0.25) is 0 Å². The lowest BCUT2D eigenvalue weighted by atomic mass is 10.0. The number of aliphatic hydroxyl groups excluding tert-OH is 2. The minimum Gasteiger partial charge on any atom is -0.394 e. The standard InChI is InChI=1S/C13H18BrNO2/c14-11-5-4-10(8-16)13(7-11)15-6-2-1-3-12(15)9-17/h4-5,7,12,16-17H,1-3,6,8-9H2. The zero-order valence-corrected chi connectivity index (χ0v) is 11.4. The minimum absolute atomic E-state index is 0.0390. The van der Waals surface area contributed by atoms with Crippen LogP contribution in [-0.2, 0) is 6.61 Å². The van der Waals surface area contributed by atoms with Crippen LogP contribution in [0.5, 0.6) is 0 Å². The van der Waals surface area contributed by atoms with Crippen LogP contribution in [0.4, 0.5) is 5.69 Å². The van der Waals surface area contributed by atoms with Crippen molar-refractivity contribution in [3.8, 4) is 0 Å². The molecule has 1 aliphatic heterocycles. The van der Waals surface area contributed by atoms with Gasteiger partial charge in [0.1, 0.15) is 0 Å². The molecule has 94 valence electrons. The number of nitrogens with zero attached hydrogens (tertiary/aromatic N) is 1. The van der Waals surface area contributed by atoms with Crippen molar-refractivity contribution in [3.05, 3.63) is 28.2 Å². The van der Waals surface area contributed by atoms with Crippen molar-refractivity contribution in [1.29, 1.82) is 0 Å². The first kappa shape index (κ1) is 12.9. The lowest BCUT2D eigenvalue weighted by molar-refractivity contribution is 0.238. The summed E-state index contributed by atoms with van der Waals surface area (Å²) in [5.74, 6) is 0. The highest BCUT2D eigenvalue weighted by molar-refractivity contribution is 9.10. The maximum atomic E-state index is 9.44. The van der Waals surface area contributed by atoms with E-state index >= 15 is 0 Å². The average Bonchev–Trinajstić information content (AvgIpc) is 2.38. The Balaban J connectivity index is 2.33. The molecule has 2 rings (SSSR count). The van der Waals surface area contributed by atoms with Crippen molar-refractivity contribution in [2.45, 2.75) is 31.9 Å². The topological polar surface area (TPSA) is 43.7 Å². The Morgan fingerprint density at radius 3 is 2.82 bits per heavy atom. The first-order chi connectivity index (χ1) is 8.26. The fraction of sp³-hybridized carbons (Fsp3) is 0.538. The lowest BCUT2D eigenvalue weighted by Crippen LogP contribution is -2.42. The van der Waals surface area contributed by atoms with Gasteiger partial charge in [0.15, 0.2) is 0 Å². The zero-order valence-electron chi connectivity index (χ0n) is 9.77. The van der Waals surface area contributed by atoms with Gasteiger partial charge in [-0.1, -0.05) is 22.0 Å². The van der Waals surface area contributed by atoms with Crippen molar-refractivity contribution in [1.82, 2.24) is 0 Å². The molecule has 1 aromatic carbocycles. The largest absolute Gasteiger partial charge is 0.394 e. The fourth-order valence-corrected chi connectivity index (χ4v) is 2.79. The molecule has 3 nitrogen and oxygen atoms in total. The van der Waals surface area contributed by atoms with Gasteiger partial charge < -0.3 is 15.1 Å². The van der Waals surface area contributed by atoms with E-state index in [2.05, 4.69) is 20.8 Å². The van der Waals surface area contributed by atoms with Gasteiger partial charge >= 0.3 is 0 Å². The maximum Gasteiger partial charge on any atom is 0.0702 e. The fourth-order valence-electron chi connectivity index (χ4n) is 2.45. The summed E-state index contributed by atoms with van der Waals surface area (Å²) < 4.78 is 1.01. The molecule has 4 heteroatoms. The second-order valence-electron chi connectivity index (χ2n) is 4.46. The Bertz CT molecular complexity index is 384. The summed E-state index contributed by atoms with van der Waals surface area (Å²) in [7, 11) is 0. The Kier molecular flexibility index (Phi) is 4.42. The molecule has 1 aliphatic rings. The molecular formula is C13H18BrNO2. The third-order valence-electron chi connectivity index (χ3n) is 3.37. The van der Waals surface area contributed by atoms with E-state index in [1.165, 1.54) is 6.42 Å². The number of halogens is 1. The molecule has 0 aromatic heterocycles. The molecule has 1 unspecified atom stereocenters. The van der Waals surface area contributed by atoms with Crippen molar-refractivity contribution in [3.63, 3.8) is 0 Å². The van der Waals surface area contributed by atoms with E-state index in [4.69, 9.17) is 0 Å². The number of rotatable bonds is 3. The second kappa shape index (κ2) is 5.85. The van der Waals surface area contributed by atoms with Gasteiger partial charge in [-0.15, -0.1) is 0 Å². The Morgan fingerprint density at radius 1 is 1.29 bits per heavy atom. The normalized spacial score (nSPS) is 20.6.